The molecule has 2 aromatic carbocycles. The predicted molar refractivity (Wildman–Crippen MR) is 135 cm³/mol. The van der Waals surface area contributed by atoms with Gasteiger partial charge in [-0.1, -0.05) is 18.2 Å². The van der Waals surface area contributed by atoms with E-state index in [1.54, 1.807) is 11.6 Å². The summed E-state index contributed by atoms with van der Waals surface area (Å²) in [7, 11) is 1.61. The normalized spacial score (nSPS) is 14.6. The molecule has 1 fully saturated rings. The third kappa shape index (κ3) is 4.35. The lowest BCUT2D eigenvalue weighted by Gasteiger charge is -2.30. The molecule has 0 radical (unpaired) electrons. The molecule has 0 aliphatic carbocycles. The number of nitrogens with zero attached hydrogens (tertiary/aromatic N) is 3. The molecule has 1 aliphatic rings. The number of aromatic amines is 1. The van der Waals surface area contributed by atoms with Gasteiger partial charge in [0.2, 0.25) is 0 Å². The topological polar surface area (TPSA) is 97.9 Å². The van der Waals surface area contributed by atoms with E-state index in [-0.39, 0.29) is 0 Å². The number of aromatic nitrogens is 3. The minimum Gasteiger partial charge on any atom is -0.493 e. The van der Waals surface area contributed by atoms with Gasteiger partial charge in [0.25, 0.3) is 5.91 Å². The van der Waals surface area contributed by atoms with Crippen molar-refractivity contribution in [3.05, 3.63) is 78.3 Å². The molecule has 2 aromatic heterocycles. The zero-order valence-electron chi connectivity index (χ0n) is 19.9. The summed E-state index contributed by atoms with van der Waals surface area (Å²) in [5.74, 6) is 1.77. The van der Waals surface area contributed by atoms with Crippen molar-refractivity contribution in [2.75, 3.05) is 20.2 Å². The standard InChI is InChI=1S/C27H29N5O3/c1-3-14-31-15-12-18(13-16-31)21-17-29-32-25(26(28)33)24(30-27(21)32)19-8-10-20(11-9-19)35-23-7-5-4-6-22(23)34-2/h3-11,14,17-18,29H,12-13,15-16H2,1-2H3,(H2,28,33). The number of benzene rings is 2. The van der Waals surface area contributed by atoms with Crippen molar-refractivity contribution in [2.45, 2.75) is 25.7 Å². The lowest BCUT2D eigenvalue weighted by molar-refractivity contribution is 0.0994. The van der Waals surface area contributed by atoms with Crippen LogP contribution in [0.15, 0.2) is 67.0 Å². The van der Waals surface area contributed by atoms with E-state index in [2.05, 4.69) is 22.3 Å². The minimum atomic E-state index is -0.529. The van der Waals surface area contributed by atoms with E-state index in [9.17, 15) is 4.79 Å². The number of likely N-dealkylation sites (tertiary alicyclic amines) is 1. The molecule has 0 unspecified atom stereocenters. The van der Waals surface area contributed by atoms with E-state index in [1.807, 2.05) is 61.7 Å². The van der Waals surface area contributed by atoms with Crippen molar-refractivity contribution in [3.63, 3.8) is 0 Å². The van der Waals surface area contributed by atoms with Gasteiger partial charge in [0.1, 0.15) is 11.4 Å². The van der Waals surface area contributed by atoms with Crippen molar-refractivity contribution < 1.29 is 14.3 Å². The Labute approximate surface area is 204 Å². The number of nitrogens with two attached hydrogens (primary N) is 1. The minimum absolute atomic E-state index is 0.344. The first-order valence-corrected chi connectivity index (χ1v) is 11.8. The molecule has 0 bridgehead atoms. The maximum Gasteiger partial charge on any atom is 0.269 e. The van der Waals surface area contributed by atoms with Crippen LogP contribution < -0.4 is 15.2 Å². The number of methoxy groups -OCH3 is 1. The van der Waals surface area contributed by atoms with Gasteiger partial charge in [-0.3, -0.25) is 9.89 Å². The molecular formula is C27H29N5O3. The summed E-state index contributed by atoms with van der Waals surface area (Å²) in [5, 5.41) is 3.21. The van der Waals surface area contributed by atoms with Crippen molar-refractivity contribution in [2.24, 2.45) is 5.73 Å². The number of nitrogens with one attached hydrogen (secondary N) is 1. The van der Waals surface area contributed by atoms with Gasteiger partial charge in [0.15, 0.2) is 22.8 Å². The Morgan fingerprint density at radius 3 is 2.49 bits per heavy atom. The van der Waals surface area contributed by atoms with Crippen LogP contribution >= 0.6 is 0 Å². The summed E-state index contributed by atoms with van der Waals surface area (Å²) in [6.45, 7) is 4.03. The Morgan fingerprint density at radius 2 is 1.83 bits per heavy atom. The van der Waals surface area contributed by atoms with Gasteiger partial charge in [0, 0.05) is 30.4 Å². The molecule has 5 rings (SSSR count). The van der Waals surface area contributed by atoms with Crippen molar-refractivity contribution in [3.8, 4) is 28.5 Å². The predicted octanol–water partition coefficient (Wildman–Crippen LogP) is 4.94. The molecule has 0 saturated carbocycles. The average molecular weight is 472 g/mol. The van der Waals surface area contributed by atoms with Gasteiger partial charge in [-0.15, -0.1) is 0 Å². The maximum atomic E-state index is 12.4. The van der Waals surface area contributed by atoms with E-state index in [0.717, 1.165) is 42.7 Å². The molecular weight excluding hydrogens is 442 g/mol. The van der Waals surface area contributed by atoms with Gasteiger partial charge in [0.05, 0.1) is 7.11 Å². The number of carbonyl (C=O) groups is 1. The van der Waals surface area contributed by atoms with Gasteiger partial charge >= 0.3 is 0 Å². The number of carbonyl (C=O) groups excluding carboxylic acids is 1. The molecule has 3 heterocycles. The Morgan fingerprint density at radius 1 is 1.11 bits per heavy atom. The van der Waals surface area contributed by atoms with Crippen LogP contribution in [0.1, 0.15) is 41.7 Å². The van der Waals surface area contributed by atoms with E-state index < -0.39 is 5.91 Å². The Hall–Kier alpha value is -4.20. The largest absolute Gasteiger partial charge is 0.493 e. The number of primary amides is 1. The van der Waals surface area contributed by atoms with Crippen LogP contribution in [0.5, 0.6) is 17.2 Å². The smallest absolute Gasteiger partial charge is 0.269 e. The first-order chi connectivity index (χ1) is 17.1. The van der Waals surface area contributed by atoms with Crippen LogP contribution in [-0.2, 0) is 0 Å². The number of hydrogen-bond acceptors (Lipinski definition) is 5. The molecule has 8 heteroatoms. The van der Waals surface area contributed by atoms with Crippen LogP contribution in [0.3, 0.4) is 0 Å². The quantitative estimate of drug-likeness (QED) is 0.398. The Kier molecular flexibility index (Phi) is 6.18. The number of hydrogen-bond donors (Lipinski definition) is 2. The molecule has 1 amide bonds. The van der Waals surface area contributed by atoms with E-state index in [0.29, 0.717) is 34.6 Å². The number of amides is 1. The van der Waals surface area contributed by atoms with Gasteiger partial charge in [-0.05, 0) is 68.3 Å². The summed E-state index contributed by atoms with van der Waals surface area (Å²) >= 11 is 0. The monoisotopic (exact) mass is 471 g/mol. The number of imidazole rings is 1. The third-order valence-electron chi connectivity index (χ3n) is 6.47. The summed E-state index contributed by atoms with van der Waals surface area (Å²) < 4.78 is 13.1. The SMILES string of the molecule is CC=CN1CCC(c2c[nH]n3c(C(N)=O)c(-c4ccc(Oc5ccccc5OC)cc4)nc23)CC1. The Balaban J connectivity index is 1.44. The molecule has 3 N–H and O–H groups in total. The summed E-state index contributed by atoms with van der Waals surface area (Å²) in [5.41, 5.74) is 9.36. The fourth-order valence-electron chi connectivity index (χ4n) is 4.75. The summed E-state index contributed by atoms with van der Waals surface area (Å²) in [6.07, 6.45) is 8.23. The lowest BCUT2D eigenvalue weighted by Crippen LogP contribution is -2.28. The summed E-state index contributed by atoms with van der Waals surface area (Å²) in [4.78, 5) is 19.7. The van der Waals surface area contributed by atoms with Crippen molar-refractivity contribution >= 4 is 11.6 Å². The lowest BCUT2D eigenvalue weighted by atomic mass is 9.91. The molecule has 1 saturated heterocycles. The number of fused-ring (bicyclic) bond motifs is 1. The number of para-hydroxylation sites is 2. The maximum absolute atomic E-state index is 12.4. The van der Waals surface area contributed by atoms with Crippen molar-refractivity contribution in [1.29, 1.82) is 0 Å². The molecule has 4 aromatic rings. The van der Waals surface area contributed by atoms with E-state index in [4.69, 9.17) is 20.2 Å². The highest BCUT2D eigenvalue weighted by Crippen LogP contribution is 2.35. The molecule has 35 heavy (non-hydrogen) atoms. The van der Waals surface area contributed by atoms with E-state index in [1.165, 1.54) is 0 Å². The first kappa shape index (κ1) is 22.6. The number of rotatable bonds is 7. The molecule has 0 spiro atoms. The average Bonchev–Trinajstić information content (AvgIpc) is 3.45. The highest BCUT2D eigenvalue weighted by molar-refractivity contribution is 5.98. The molecule has 1 aliphatic heterocycles. The highest BCUT2D eigenvalue weighted by Gasteiger charge is 2.27. The van der Waals surface area contributed by atoms with Crippen LogP contribution in [0.25, 0.3) is 16.9 Å². The summed E-state index contributed by atoms with van der Waals surface area (Å²) in [6, 6.07) is 14.9. The molecule has 8 nitrogen and oxygen atoms in total. The number of H-pyrrole nitrogens is 1. The third-order valence-corrected chi connectivity index (χ3v) is 6.47. The fourth-order valence-corrected chi connectivity index (χ4v) is 4.75. The van der Waals surface area contributed by atoms with E-state index >= 15 is 0 Å². The molecule has 180 valence electrons. The zero-order valence-corrected chi connectivity index (χ0v) is 19.9. The number of ether oxygens (including phenoxy) is 2. The van der Waals surface area contributed by atoms with Crippen LogP contribution in [0, 0.1) is 0 Å². The van der Waals surface area contributed by atoms with Crippen LogP contribution in [0.4, 0.5) is 0 Å². The fraction of sp³-hybridized carbons (Fsp3) is 0.259. The highest BCUT2D eigenvalue weighted by atomic mass is 16.5. The number of piperidine rings is 1. The van der Waals surface area contributed by atoms with Crippen LogP contribution in [0.2, 0.25) is 0 Å². The molecule has 0 atom stereocenters. The van der Waals surface area contributed by atoms with Gasteiger partial charge < -0.3 is 20.1 Å². The van der Waals surface area contributed by atoms with Crippen LogP contribution in [-0.4, -0.2) is 45.6 Å². The first-order valence-electron chi connectivity index (χ1n) is 11.8. The van der Waals surface area contributed by atoms with Gasteiger partial charge in [-0.2, -0.15) is 0 Å². The second kappa shape index (κ2) is 9.58. The Bertz CT molecular complexity index is 1360. The number of allylic oxidation sites excluding steroid dienone is 1. The van der Waals surface area contributed by atoms with Gasteiger partial charge in [-0.25, -0.2) is 9.50 Å². The van der Waals surface area contributed by atoms with Crippen molar-refractivity contribution in [1.82, 2.24) is 19.5 Å². The zero-order chi connectivity index (χ0) is 24.4. The second-order valence-electron chi connectivity index (χ2n) is 8.63. The second-order valence-corrected chi connectivity index (χ2v) is 8.63.